The van der Waals surface area contributed by atoms with E-state index in [1.54, 1.807) is 0 Å². The summed E-state index contributed by atoms with van der Waals surface area (Å²) in [5.41, 5.74) is 5.45. The number of hydrogen-bond donors (Lipinski definition) is 1. The van der Waals surface area contributed by atoms with Crippen LogP contribution in [0.2, 0.25) is 0 Å². The molecule has 0 radical (unpaired) electrons. The molecular formula is C16H26N2O2S. The number of fused-ring (bicyclic) bond motifs is 1. The molecule has 0 aromatic heterocycles. The molecule has 0 bridgehead atoms. The summed E-state index contributed by atoms with van der Waals surface area (Å²) >= 11 is 5.32. The van der Waals surface area contributed by atoms with Crippen LogP contribution in [-0.2, 0) is 9.53 Å². The predicted molar refractivity (Wildman–Crippen MR) is 86.0 cm³/mol. The minimum absolute atomic E-state index is 0.190. The lowest BCUT2D eigenvalue weighted by molar-refractivity contribution is -0.157. The Balaban J connectivity index is 1.83. The van der Waals surface area contributed by atoms with Gasteiger partial charge >= 0.3 is 0 Å². The van der Waals surface area contributed by atoms with E-state index in [-0.39, 0.29) is 18.1 Å². The lowest BCUT2D eigenvalue weighted by Crippen LogP contribution is -2.60. The third kappa shape index (κ3) is 2.70. The van der Waals surface area contributed by atoms with Gasteiger partial charge in [0.15, 0.2) is 0 Å². The first-order chi connectivity index (χ1) is 10.1. The fraction of sp³-hybridized carbons (Fsp3) is 0.875. The first-order valence-corrected chi connectivity index (χ1v) is 8.78. The minimum Gasteiger partial charge on any atom is -0.392 e. The zero-order valence-electron chi connectivity index (χ0n) is 12.7. The molecule has 1 aliphatic heterocycles. The van der Waals surface area contributed by atoms with E-state index in [4.69, 9.17) is 22.7 Å². The smallest absolute Gasteiger partial charge is 0.236 e. The Labute approximate surface area is 132 Å². The van der Waals surface area contributed by atoms with Gasteiger partial charge in [0, 0.05) is 6.54 Å². The molecule has 1 amide bonds. The number of nitrogens with two attached hydrogens (primary N) is 1. The number of hydrogen-bond acceptors (Lipinski definition) is 3. The highest BCUT2D eigenvalue weighted by atomic mass is 32.1. The maximum absolute atomic E-state index is 13.3. The molecule has 4 nitrogen and oxygen atoms in total. The van der Waals surface area contributed by atoms with Gasteiger partial charge in [-0.05, 0) is 25.7 Å². The SMILES string of the molecule is NC(=S)C1(C(=O)N2CCOC3CCCCC32)CCCCC1. The monoisotopic (exact) mass is 310 g/mol. The van der Waals surface area contributed by atoms with Crippen molar-refractivity contribution in [3.8, 4) is 0 Å². The zero-order valence-corrected chi connectivity index (χ0v) is 13.5. The summed E-state index contributed by atoms with van der Waals surface area (Å²) in [6.07, 6.45) is 9.72. The van der Waals surface area contributed by atoms with Crippen LogP contribution in [0, 0.1) is 5.41 Å². The first kappa shape index (κ1) is 15.2. The van der Waals surface area contributed by atoms with E-state index in [0.717, 1.165) is 38.5 Å². The molecule has 21 heavy (non-hydrogen) atoms. The third-order valence-electron chi connectivity index (χ3n) is 5.58. The summed E-state index contributed by atoms with van der Waals surface area (Å²) in [4.78, 5) is 15.7. The lowest BCUT2D eigenvalue weighted by atomic mass is 9.72. The molecule has 0 aromatic carbocycles. The molecule has 2 N–H and O–H groups in total. The Hall–Kier alpha value is -0.680. The number of amides is 1. The number of thiocarbonyl (C=S) groups is 1. The predicted octanol–water partition coefficient (Wildman–Crippen LogP) is 2.39. The molecule has 3 fully saturated rings. The number of nitrogens with zero attached hydrogens (tertiary/aromatic N) is 1. The molecule has 2 saturated carbocycles. The topological polar surface area (TPSA) is 55.6 Å². The van der Waals surface area contributed by atoms with E-state index in [9.17, 15) is 4.79 Å². The van der Waals surface area contributed by atoms with Crippen LogP contribution in [0.15, 0.2) is 0 Å². The number of rotatable bonds is 2. The average molecular weight is 310 g/mol. The van der Waals surface area contributed by atoms with Gasteiger partial charge in [-0.2, -0.15) is 0 Å². The van der Waals surface area contributed by atoms with Crippen molar-refractivity contribution in [2.24, 2.45) is 11.1 Å². The Morgan fingerprint density at radius 2 is 1.86 bits per heavy atom. The van der Waals surface area contributed by atoms with Crippen molar-refractivity contribution >= 4 is 23.1 Å². The quantitative estimate of drug-likeness (QED) is 0.796. The summed E-state index contributed by atoms with van der Waals surface area (Å²) in [7, 11) is 0. The van der Waals surface area contributed by atoms with Crippen molar-refractivity contribution < 1.29 is 9.53 Å². The fourth-order valence-corrected chi connectivity index (χ4v) is 4.64. The largest absolute Gasteiger partial charge is 0.392 e. The van der Waals surface area contributed by atoms with Crippen molar-refractivity contribution in [3.05, 3.63) is 0 Å². The molecule has 1 saturated heterocycles. The minimum atomic E-state index is -0.576. The van der Waals surface area contributed by atoms with Crippen molar-refractivity contribution in [3.63, 3.8) is 0 Å². The molecule has 2 aliphatic carbocycles. The van der Waals surface area contributed by atoms with Gasteiger partial charge in [0.1, 0.15) is 0 Å². The highest BCUT2D eigenvalue weighted by molar-refractivity contribution is 7.80. The molecule has 2 unspecified atom stereocenters. The normalized spacial score (nSPS) is 32.3. The van der Waals surface area contributed by atoms with Crippen molar-refractivity contribution in [1.82, 2.24) is 4.90 Å². The molecule has 0 spiro atoms. The van der Waals surface area contributed by atoms with Gasteiger partial charge < -0.3 is 15.4 Å². The van der Waals surface area contributed by atoms with Gasteiger partial charge in [0.25, 0.3) is 0 Å². The van der Waals surface area contributed by atoms with Gasteiger partial charge in [-0.3, -0.25) is 4.79 Å². The van der Waals surface area contributed by atoms with E-state index in [1.807, 2.05) is 0 Å². The van der Waals surface area contributed by atoms with Crippen LogP contribution >= 0.6 is 12.2 Å². The molecule has 3 aliphatic rings. The Kier molecular flexibility index (Phi) is 4.50. The first-order valence-electron chi connectivity index (χ1n) is 8.38. The molecule has 118 valence electrons. The van der Waals surface area contributed by atoms with Gasteiger partial charge in [-0.15, -0.1) is 0 Å². The van der Waals surface area contributed by atoms with Crippen LogP contribution in [0.4, 0.5) is 0 Å². The average Bonchev–Trinajstić information content (AvgIpc) is 2.54. The van der Waals surface area contributed by atoms with Crippen LogP contribution < -0.4 is 5.73 Å². The van der Waals surface area contributed by atoms with E-state index >= 15 is 0 Å². The maximum atomic E-state index is 13.3. The second-order valence-electron chi connectivity index (χ2n) is 6.77. The van der Waals surface area contributed by atoms with Crippen LogP contribution in [0.3, 0.4) is 0 Å². The highest BCUT2D eigenvalue weighted by Gasteiger charge is 2.48. The number of carbonyl (C=O) groups is 1. The molecule has 5 heteroatoms. The second kappa shape index (κ2) is 6.21. The lowest BCUT2D eigenvalue weighted by Gasteiger charge is -2.48. The zero-order chi connectivity index (χ0) is 14.9. The number of carbonyl (C=O) groups excluding carboxylic acids is 1. The summed E-state index contributed by atoms with van der Waals surface area (Å²) in [5.74, 6) is 0.190. The van der Waals surface area contributed by atoms with E-state index in [1.165, 1.54) is 19.3 Å². The van der Waals surface area contributed by atoms with Crippen molar-refractivity contribution in [2.75, 3.05) is 13.2 Å². The van der Waals surface area contributed by atoms with Crippen molar-refractivity contribution in [1.29, 1.82) is 0 Å². The van der Waals surface area contributed by atoms with Gasteiger partial charge in [0.05, 0.1) is 29.2 Å². The van der Waals surface area contributed by atoms with Gasteiger partial charge in [-0.25, -0.2) is 0 Å². The fourth-order valence-electron chi connectivity index (χ4n) is 4.34. The number of morpholine rings is 1. The number of ether oxygens (including phenoxy) is 1. The molecule has 2 atom stereocenters. The van der Waals surface area contributed by atoms with Crippen LogP contribution in [0.25, 0.3) is 0 Å². The van der Waals surface area contributed by atoms with E-state index in [0.29, 0.717) is 18.1 Å². The second-order valence-corrected chi connectivity index (χ2v) is 7.21. The standard InChI is InChI=1S/C16H26N2O2S/c17-14(21)16(8-4-1-5-9-16)15(19)18-10-11-20-13-7-3-2-6-12(13)18/h12-13H,1-11H2,(H2,17,21). The van der Waals surface area contributed by atoms with Crippen LogP contribution in [-0.4, -0.2) is 41.1 Å². The van der Waals surface area contributed by atoms with Gasteiger partial charge in [0.2, 0.25) is 5.91 Å². The Bertz CT molecular complexity index is 419. The van der Waals surface area contributed by atoms with Gasteiger partial charge in [-0.1, -0.05) is 44.3 Å². The van der Waals surface area contributed by atoms with E-state index < -0.39 is 5.41 Å². The third-order valence-corrected chi connectivity index (χ3v) is 5.97. The molecule has 1 heterocycles. The summed E-state index contributed by atoms with van der Waals surface area (Å²) in [6.45, 7) is 1.35. The summed E-state index contributed by atoms with van der Waals surface area (Å²) < 4.78 is 5.89. The van der Waals surface area contributed by atoms with Crippen LogP contribution in [0.5, 0.6) is 0 Å². The molecular weight excluding hydrogens is 284 g/mol. The molecule has 3 rings (SSSR count). The Morgan fingerprint density at radius 3 is 2.57 bits per heavy atom. The maximum Gasteiger partial charge on any atom is 0.236 e. The van der Waals surface area contributed by atoms with Crippen LogP contribution in [0.1, 0.15) is 57.8 Å². The highest BCUT2D eigenvalue weighted by Crippen LogP contribution is 2.40. The van der Waals surface area contributed by atoms with E-state index in [2.05, 4.69) is 4.90 Å². The molecule has 0 aromatic rings. The Morgan fingerprint density at radius 1 is 1.14 bits per heavy atom. The summed E-state index contributed by atoms with van der Waals surface area (Å²) in [6, 6.07) is 0.244. The summed E-state index contributed by atoms with van der Waals surface area (Å²) in [5, 5.41) is 0. The van der Waals surface area contributed by atoms with Crippen molar-refractivity contribution in [2.45, 2.75) is 69.9 Å².